The highest BCUT2D eigenvalue weighted by atomic mass is 35.5. The van der Waals surface area contributed by atoms with Gasteiger partial charge in [0.2, 0.25) is 0 Å². The van der Waals surface area contributed by atoms with Crippen LogP contribution in [0.2, 0.25) is 5.02 Å². The fourth-order valence-electron chi connectivity index (χ4n) is 1.65. The summed E-state index contributed by atoms with van der Waals surface area (Å²) >= 11 is 9.75. The number of nitrogen functional groups attached to an aromatic ring is 1. The number of anilines is 1. The highest BCUT2D eigenvalue weighted by molar-refractivity contribution is 7.79. The molecule has 0 aromatic heterocycles. The van der Waals surface area contributed by atoms with Gasteiger partial charge < -0.3 is 5.73 Å². The Morgan fingerprint density at radius 2 is 2.12 bits per heavy atom. The van der Waals surface area contributed by atoms with Gasteiger partial charge in [0, 0.05) is 21.8 Å². The molecule has 0 amide bonds. The van der Waals surface area contributed by atoms with Gasteiger partial charge in [0.05, 0.1) is 5.71 Å². The maximum atomic E-state index is 7.76. The molecule has 0 bridgehead atoms. The summed E-state index contributed by atoms with van der Waals surface area (Å²) in [7, 11) is 0. The second kappa shape index (κ2) is 4.77. The van der Waals surface area contributed by atoms with Gasteiger partial charge in [-0.25, -0.2) is 4.40 Å². The number of hydrogen-bond acceptors (Lipinski definition) is 4. The first kappa shape index (κ1) is 12.0. The van der Waals surface area contributed by atoms with Gasteiger partial charge >= 0.3 is 0 Å². The zero-order chi connectivity index (χ0) is 12.4. The molecule has 2 rings (SSSR count). The van der Waals surface area contributed by atoms with Crippen molar-refractivity contribution in [2.45, 2.75) is 0 Å². The van der Waals surface area contributed by atoms with Gasteiger partial charge in [-0.1, -0.05) is 29.8 Å². The molecular formula is C12H10ClN3S. The summed E-state index contributed by atoms with van der Waals surface area (Å²) in [5.41, 5.74) is 8.87. The molecule has 0 unspecified atom stereocenters. The minimum absolute atomic E-state index is 0.312. The molecule has 86 valence electrons. The van der Waals surface area contributed by atoms with Crippen LogP contribution in [0.4, 0.5) is 5.69 Å². The monoisotopic (exact) mass is 263 g/mol. The van der Waals surface area contributed by atoms with Crippen LogP contribution in [0.15, 0.2) is 40.8 Å². The second-order valence-electron chi connectivity index (χ2n) is 3.53. The Bertz CT molecular complexity index is 573. The average molecular weight is 264 g/mol. The molecule has 3 nitrogen and oxygen atoms in total. The molecule has 0 saturated heterocycles. The predicted octanol–water partition coefficient (Wildman–Crippen LogP) is 3.18. The summed E-state index contributed by atoms with van der Waals surface area (Å²) in [6.45, 7) is 0. The molecule has 1 aromatic carbocycles. The van der Waals surface area contributed by atoms with Crippen LogP contribution in [-0.2, 0) is 0 Å². The maximum Gasteiger partial charge on any atom is 0.104 e. The van der Waals surface area contributed by atoms with Crippen molar-refractivity contribution >= 4 is 47.1 Å². The number of halogens is 1. The number of thiol groups is 1. The van der Waals surface area contributed by atoms with Crippen molar-refractivity contribution in [3.8, 4) is 0 Å². The van der Waals surface area contributed by atoms with Gasteiger partial charge in [-0.3, -0.25) is 5.41 Å². The number of benzene rings is 1. The first-order valence-corrected chi connectivity index (χ1v) is 5.66. The summed E-state index contributed by atoms with van der Waals surface area (Å²) in [6.07, 6.45) is 5.30. The van der Waals surface area contributed by atoms with Crippen LogP contribution in [0.5, 0.6) is 0 Å². The summed E-state index contributed by atoms with van der Waals surface area (Å²) in [4.78, 5) is 0. The van der Waals surface area contributed by atoms with E-state index in [9.17, 15) is 0 Å². The zero-order valence-electron chi connectivity index (χ0n) is 8.81. The summed E-state index contributed by atoms with van der Waals surface area (Å²) in [5, 5.41) is 8.35. The van der Waals surface area contributed by atoms with Gasteiger partial charge in [-0.05, 0) is 31.0 Å². The van der Waals surface area contributed by atoms with Crippen LogP contribution in [0.3, 0.4) is 0 Å². The maximum absolute atomic E-state index is 7.76. The first-order valence-electron chi connectivity index (χ1n) is 4.88. The van der Waals surface area contributed by atoms with Gasteiger partial charge in [-0.2, -0.15) is 0 Å². The van der Waals surface area contributed by atoms with Gasteiger partial charge in [0.15, 0.2) is 0 Å². The van der Waals surface area contributed by atoms with E-state index < -0.39 is 0 Å². The number of rotatable bonds is 1. The standard InChI is InChI=1S/C12H10ClN3S/c13-7-4-5-8(11(15)6-7)9-2-1-3-10(14)12(9)16-17/h1-6,14,17H,15H2/b14-10?,16-12-. The fourth-order valence-corrected chi connectivity index (χ4v) is 2.04. The van der Waals surface area contributed by atoms with Crippen LogP contribution in [-0.4, -0.2) is 11.4 Å². The molecule has 3 N–H and O–H groups in total. The van der Waals surface area contributed by atoms with Crippen LogP contribution in [0.1, 0.15) is 5.56 Å². The number of allylic oxidation sites excluding steroid dienone is 4. The van der Waals surface area contributed by atoms with E-state index in [-0.39, 0.29) is 0 Å². The quantitative estimate of drug-likeness (QED) is 0.407. The van der Waals surface area contributed by atoms with Crippen molar-refractivity contribution in [1.82, 2.24) is 0 Å². The minimum atomic E-state index is 0.312. The van der Waals surface area contributed by atoms with Crippen LogP contribution in [0, 0.1) is 5.41 Å². The van der Waals surface area contributed by atoms with E-state index >= 15 is 0 Å². The first-order chi connectivity index (χ1) is 8.13. The van der Waals surface area contributed by atoms with Crippen LogP contribution >= 0.6 is 24.4 Å². The Labute approximate surface area is 110 Å². The predicted molar refractivity (Wildman–Crippen MR) is 77.1 cm³/mol. The Kier molecular flexibility index (Phi) is 3.36. The normalized spacial score (nSPS) is 17.4. The Morgan fingerprint density at radius 1 is 1.35 bits per heavy atom. The number of hydrogen-bond donors (Lipinski definition) is 3. The molecule has 0 saturated carbocycles. The molecule has 5 heteroatoms. The lowest BCUT2D eigenvalue weighted by Crippen LogP contribution is -2.15. The Morgan fingerprint density at radius 3 is 2.76 bits per heavy atom. The van der Waals surface area contributed by atoms with Crippen LogP contribution < -0.4 is 5.73 Å². The molecule has 0 atom stereocenters. The number of nitrogens with one attached hydrogen (secondary N) is 1. The molecule has 0 spiro atoms. The van der Waals surface area contributed by atoms with E-state index in [1.165, 1.54) is 0 Å². The van der Waals surface area contributed by atoms with Crippen molar-refractivity contribution < 1.29 is 0 Å². The van der Waals surface area contributed by atoms with Crippen LogP contribution in [0.25, 0.3) is 5.57 Å². The van der Waals surface area contributed by atoms with E-state index in [2.05, 4.69) is 17.2 Å². The lowest BCUT2D eigenvalue weighted by molar-refractivity contribution is 1.54. The van der Waals surface area contributed by atoms with Gasteiger partial charge in [0.1, 0.15) is 5.71 Å². The summed E-state index contributed by atoms with van der Waals surface area (Å²) in [5.74, 6) is 0. The number of nitrogens with two attached hydrogens (primary N) is 1. The summed E-state index contributed by atoms with van der Waals surface area (Å²) < 4.78 is 3.83. The average Bonchev–Trinajstić information content (AvgIpc) is 2.29. The second-order valence-corrected chi connectivity index (χ2v) is 4.17. The van der Waals surface area contributed by atoms with Crippen molar-refractivity contribution in [3.05, 3.63) is 47.0 Å². The highest BCUT2D eigenvalue weighted by Crippen LogP contribution is 2.28. The topological polar surface area (TPSA) is 62.2 Å². The molecule has 1 aromatic rings. The van der Waals surface area contributed by atoms with E-state index in [1.807, 2.05) is 12.1 Å². The zero-order valence-corrected chi connectivity index (χ0v) is 10.5. The van der Waals surface area contributed by atoms with Gasteiger partial charge in [0.25, 0.3) is 0 Å². The summed E-state index contributed by atoms with van der Waals surface area (Å²) in [6, 6.07) is 5.25. The highest BCUT2D eigenvalue weighted by Gasteiger charge is 2.17. The molecule has 1 aliphatic rings. The minimum Gasteiger partial charge on any atom is -0.398 e. The molecule has 0 aliphatic heterocycles. The van der Waals surface area contributed by atoms with Crippen molar-refractivity contribution in [2.75, 3.05) is 5.73 Å². The number of nitrogens with zero attached hydrogens (tertiary/aromatic N) is 1. The van der Waals surface area contributed by atoms with Crippen molar-refractivity contribution in [2.24, 2.45) is 4.40 Å². The largest absolute Gasteiger partial charge is 0.398 e. The third-order valence-electron chi connectivity index (χ3n) is 2.44. The van der Waals surface area contributed by atoms with E-state index in [0.29, 0.717) is 22.1 Å². The van der Waals surface area contributed by atoms with E-state index in [1.54, 1.807) is 24.3 Å². The molecule has 0 heterocycles. The Hall–Kier alpha value is -1.52. The third kappa shape index (κ3) is 2.28. The SMILES string of the molecule is N=C1C=CC=C(c2ccc(Cl)cc2N)/C1=N/S. The molecule has 0 radical (unpaired) electrons. The third-order valence-corrected chi connectivity index (χ3v) is 2.87. The van der Waals surface area contributed by atoms with E-state index in [0.717, 1.165) is 11.1 Å². The van der Waals surface area contributed by atoms with Crippen molar-refractivity contribution in [1.29, 1.82) is 5.41 Å². The molecule has 1 aliphatic carbocycles. The fraction of sp³-hybridized carbons (Fsp3) is 0. The lowest BCUT2D eigenvalue weighted by atomic mass is 9.93. The molecular weight excluding hydrogens is 254 g/mol. The van der Waals surface area contributed by atoms with E-state index in [4.69, 9.17) is 22.7 Å². The van der Waals surface area contributed by atoms with Crippen molar-refractivity contribution in [3.63, 3.8) is 0 Å². The van der Waals surface area contributed by atoms with Gasteiger partial charge in [-0.15, -0.1) is 0 Å². The molecule has 17 heavy (non-hydrogen) atoms. The molecule has 0 fully saturated rings. The Balaban J connectivity index is 2.56. The smallest absolute Gasteiger partial charge is 0.104 e. The lowest BCUT2D eigenvalue weighted by Gasteiger charge is -2.14.